The second-order valence-corrected chi connectivity index (χ2v) is 4.98. The smallest absolute Gasteiger partial charge is 0.130 e. The topological polar surface area (TPSA) is 38.0 Å². The molecular weight excluding hydrogens is 212 g/mol. The SMILES string of the molecule is Cc1nn(C)c(Cl)c1CC(O)C1CC1C. The molecule has 1 heterocycles. The van der Waals surface area contributed by atoms with Gasteiger partial charge >= 0.3 is 0 Å². The first-order chi connectivity index (χ1) is 7.00. The zero-order valence-corrected chi connectivity index (χ0v) is 10.1. The first-order valence-electron chi connectivity index (χ1n) is 5.36. The summed E-state index contributed by atoms with van der Waals surface area (Å²) in [5, 5.41) is 14.9. The number of aliphatic hydroxyl groups is 1. The Hall–Kier alpha value is -0.540. The molecule has 1 N–H and O–H groups in total. The Morgan fingerprint density at radius 1 is 1.67 bits per heavy atom. The number of hydrogen-bond acceptors (Lipinski definition) is 2. The summed E-state index contributed by atoms with van der Waals surface area (Å²) in [7, 11) is 1.82. The van der Waals surface area contributed by atoms with Gasteiger partial charge in [-0.3, -0.25) is 4.68 Å². The van der Waals surface area contributed by atoms with Crippen LogP contribution in [0.1, 0.15) is 24.6 Å². The molecule has 0 aromatic carbocycles. The summed E-state index contributed by atoms with van der Waals surface area (Å²) in [5.74, 6) is 1.12. The predicted octanol–water partition coefficient (Wildman–Crippen LogP) is 1.94. The van der Waals surface area contributed by atoms with E-state index in [0.717, 1.165) is 17.7 Å². The third-order valence-corrected chi connectivity index (χ3v) is 3.82. The van der Waals surface area contributed by atoms with Crippen LogP contribution < -0.4 is 0 Å². The average molecular weight is 229 g/mol. The van der Waals surface area contributed by atoms with Gasteiger partial charge in [-0.1, -0.05) is 18.5 Å². The average Bonchev–Trinajstić information content (AvgIpc) is 2.84. The molecule has 1 saturated carbocycles. The Balaban J connectivity index is 2.10. The minimum Gasteiger partial charge on any atom is -0.392 e. The van der Waals surface area contributed by atoms with Crippen LogP contribution in [0, 0.1) is 18.8 Å². The van der Waals surface area contributed by atoms with Gasteiger partial charge in [0.2, 0.25) is 0 Å². The molecule has 3 atom stereocenters. The molecule has 1 aromatic heterocycles. The van der Waals surface area contributed by atoms with Crippen molar-refractivity contribution >= 4 is 11.6 Å². The van der Waals surface area contributed by atoms with Crippen molar-refractivity contribution < 1.29 is 5.11 Å². The largest absolute Gasteiger partial charge is 0.392 e. The lowest BCUT2D eigenvalue weighted by Crippen LogP contribution is -2.14. The lowest BCUT2D eigenvalue weighted by atomic mass is 10.0. The van der Waals surface area contributed by atoms with E-state index >= 15 is 0 Å². The number of aromatic nitrogens is 2. The Bertz CT molecular complexity index is 375. The first kappa shape index (κ1) is 11.0. The third kappa shape index (κ3) is 2.04. The van der Waals surface area contributed by atoms with Gasteiger partial charge in [-0.05, 0) is 25.2 Å². The Labute approximate surface area is 95.0 Å². The lowest BCUT2D eigenvalue weighted by Gasteiger charge is -2.09. The van der Waals surface area contributed by atoms with Crippen molar-refractivity contribution in [1.82, 2.24) is 9.78 Å². The highest BCUT2D eigenvalue weighted by Gasteiger charge is 2.39. The van der Waals surface area contributed by atoms with Crippen molar-refractivity contribution in [3.63, 3.8) is 0 Å². The van der Waals surface area contributed by atoms with Crippen molar-refractivity contribution in [2.75, 3.05) is 0 Å². The summed E-state index contributed by atoms with van der Waals surface area (Å²) < 4.78 is 1.66. The quantitative estimate of drug-likeness (QED) is 0.859. The van der Waals surface area contributed by atoms with Crippen molar-refractivity contribution in [2.24, 2.45) is 18.9 Å². The highest BCUT2D eigenvalue weighted by atomic mass is 35.5. The summed E-state index contributed by atoms with van der Waals surface area (Å²) in [6.07, 6.45) is 1.51. The lowest BCUT2D eigenvalue weighted by molar-refractivity contribution is 0.146. The number of nitrogens with zero attached hydrogens (tertiary/aromatic N) is 2. The summed E-state index contributed by atoms with van der Waals surface area (Å²) in [6, 6.07) is 0. The van der Waals surface area contributed by atoms with Crippen molar-refractivity contribution in [3.8, 4) is 0 Å². The number of aliphatic hydroxyl groups excluding tert-OH is 1. The minimum atomic E-state index is -0.264. The highest BCUT2D eigenvalue weighted by molar-refractivity contribution is 6.30. The van der Waals surface area contributed by atoms with Gasteiger partial charge in [0.15, 0.2) is 0 Å². The normalized spacial score (nSPS) is 26.7. The minimum absolute atomic E-state index is 0.264. The molecule has 0 amide bonds. The molecule has 3 nitrogen and oxygen atoms in total. The molecular formula is C11H17ClN2O. The summed E-state index contributed by atoms with van der Waals surface area (Å²) in [5.41, 5.74) is 1.92. The van der Waals surface area contributed by atoms with Crippen LogP contribution in [0.2, 0.25) is 5.15 Å². The van der Waals surface area contributed by atoms with Crippen LogP contribution in [0.25, 0.3) is 0 Å². The molecule has 2 rings (SSSR count). The maximum Gasteiger partial charge on any atom is 0.130 e. The molecule has 3 unspecified atom stereocenters. The third-order valence-electron chi connectivity index (χ3n) is 3.35. The Kier molecular flexibility index (Phi) is 2.77. The van der Waals surface area contributed by atoms with E-state index in [1.807, 2.05) is 14.0 Å². The highest BCUT2D eigenvalue weighted by Crippen LogP contribution is 2.42. The predicted molar refractivity (Wildman–Crippen MR) is 59.9 cm³/mol. The van der Waals surface area contributed by atoms with E-state index in [2.05, 4.69) is 12.0 Å². The van der Waals surface area contributed by atoms with Gasteiger partial charge < -0.3 is 5.11 Å². The van der Waals surface area contributed by atoms with Crippen LogP contribution >= 0.6 is 11.6 Å². The first-order valence-corrected chi connectivity index (χ1v) is 5.74. The standard InChI is InChI=1S/C11H17ClN2O/c1-6-4-8(6)10(15)5-9-7(2)13-14(3)11(9)12/h6,8,10,15H,4-5H2,1-3H3. The summed E-state index contributed by atoms with van der Waals surface area (Å²) >= 11 is 6.11. The van der Waals surface area contributed by atoms with Crippen molar-refractivity contribution in [2.45, 2.75) is 32.8 Å². The van der Waals surface area contributed by atoms with Gasteiger partial charge in [0.1, 0.15) is 5.15 Å². The van der Waals surface area contributed by atoms with Crippen LogP contribution in [0.3, 0.4) is 0 Å². The molecule has 0 spiro atoms. The molecule has 1 fully saturated rings. The van der Waals surface area contributed by atoms with Gasteiger partial charge in [-0.15, -0.1) is 0 Å². The van der Waals surface area contributed by atoms with E-state index in [1.165, 1.54) is 0 Å². The van der Waals surface area contributed by atoms with E-state index in [-0.39, 0.29) is 6.10 Å². The fourth-order valence-electron chi connectivity index (χ4n) is 2.15. The molecule has 0 saturated heterocycles. The second-order valence-electron chi connectivity index (χ2n) is 4.63. The fraction of sp³-hybridized carbons (Fsp3) is 0.727. The second kappa shape index (κ2) is 3.80. The number of aryl methyl sites for hydroxylation is 2. The van der Waals surface area contributed by atoms with E-state index < -0.39 is 0 Å². The number of rotatable bonds is 3. The number of hydrogen-bond donors (Lipinski definition) is 1. The van der Waals surface area contributed by atoms with Crippen LogP contribution in [-0.4, -0.2) is 21.0 Å². The molecule has 4 heteroatoms. The molecule has 0 bridgehead atoms. The van der Waals surface area contributed by atoms with Crippen LogP contribution in [0.4, 0.5) is 0 Å². The molecule has 15 heavy (non-hydrogen) atoms. The van der Waals surface area contributed by atoms with Gasteiger partial charge in [-0.25, -0.2) is 0 Å². The van der Waals surface area contributed by atoms with Crippen molar-refractivity contribution in [3.05, 3.63) is 16.4 Å². The molecule has 84 valence electrons. The number of halogens is 1. The van der Waals surface area contributed by atoms with Crippen molar-refractivity contribution in [1.29, 1.82) is 0 Å². The molecule has 0 aliphatic heterocycles. The van der Waals surface area contributed by atoms with Gasteiger partial charge in [0.05, 0.1) is 11.8 Å². The molecule has 1 aliphatic carbocycles. The maximum atomic E-state index is 9.98. The molecule has 0 radical (unpaired) electrons. The fourth-order valence-corrected chi connectivity index (χ4v) is 2.41. The zero-order chi connectivity index (χ0) is 11.2. The van der Waals surface area contributed by atoms with Gasteiger partial charge in [-0.2, -0.15) is 5.10 Å². The van der Waals surface area contributed by atoms with E-state index in [4.69, 9.17) is 11.6 Å². The van der Waals surface area contributed by atoms with E-state index in [9.17, 15) is 5.11 Å². The van der Waals surface area contributed by atoms with Crippen LogP contribution in [0.15, 0.2) is 0 Å². The molecule has 1 aromatic rings. The van der Waals surface area contributed by atoms with Crippen LogP contribution in [-0.2, 0) is 13.5 Å². The Morgan fingerprint density at radius 2 is 2.27 bits per heavy atom. The van der Waals surface area contributed by atoms with E-state index in [0.29, 0.717) is 23.4 Å². The van der Waals surface area contributed by atoms with Crippen LogP contribution in [0.5, 0.6) is 0 Å². The summed E-state index contributed by atoms with van der Waals surface area (Å²) in [6.45, 7) is 4.11. The van der Waals surface area contributed by atoms with Gasteiger partial charge in [0, 0.05) is 19.0 Å². The monoisotopic (exact) mass is 228 g/mol. The summed E-state index contributed by atoms with van der Waals surface area (Å²) in [4.78, 5) is 0. The van der Waals surface area contributed by atoms with Gasteiger partial charge in [0.25, 0.3) is 0 Å². The zero-order valence-electron chi connectivity index (χ0n) is 9.37. The Morgan fingerprint density at radius 3 is 2.67 bits per heavy atom. The van der Waals surface area contributed by atoms with E-state index in [1.54, 1.807) is 4.68 Å². The molecule has 1 aliphatic rings. The maximum absolute atomic E-state index is 9.98.